The first kappa shape index (κ1) is 12.5. The van der Waals surface area contributed by atoms with Gasteiger partial charge in [-0.15, -0.1) is 0 Å². The summed E-state index contributed by atoms with van der Waals surface area (Å²) >= 11 is 0. The van der Waals surface area contributed by atoms with Gasteiger partial charge in [0.05, 0.1) is 7.11 Å². The molecule has 94 valence electrons. The third kappa shape index (κ3) is 2.06. The first-order valence-electron chi connectivity index (χ1n) is 5.79. The van der Waals surface area contributed by atoms with Crippen molar-refractivity contribution in [2.75, 3.05) is 7.11 Å². The molecule has 0 heterocycles. The highest BCUT2D eigenvalue weighted by atomic mass is 16.5. The molecule has 0 aromatic heterocycles. The van der Waals surface area contributed by atoms with Gasteiger partial charge in [0.25, 0.3) is 0 Å². The van der Waals surface area contributed by atoms with Gasteiger partial charge in [0.1, 0.15) is 5.92 Å². The Morgan fingerprint density at radius 3 is 2.61 bits per heavy atom. The molecule has 0 saturated heterocycles. The van der Waals surface area contributed by atoms with Crippen molar-refractivity contribution in [2.45, 2.75) is 25.7 Å². The number of carbonyl (C=O) groups is 3. The summed E-state index contributed by atoms with van der Waals surface area (Å²) in [5.41, 5.74) is 2.16. The first-order chi connectivity index (χ1) is 8.54. The molecule has 0 saturated carbocycles. The predicted molar refractivity (Wildman–Crippen MR) is 64.5 cm³/mol. The van der Waals surface area contributed by atoms with Crippen LogP contribution in [-0.4, -0.2) is 24.6 Å². The summed E-state index contributed by atoms with van der Waals surface area (Å²) in [5.74, 6) is -1.51. The maximum Gasteiger partial charge on any atom is 0.320 e. The van der Waals surface area contributed by atoms with E-state index < -0.39 is 11.9 Å². The third-order valence-corrected chi connectivity index (χ3v) is 3.26. The molecule has 1 aromatic rings. The lowest BCUT2D eigenvalue weighted by atomic mass is 9.81. The highest BCUT2D eigenvalue weighted by Gasteiger charge is 2.34. The number of hydrogen-bond donors (Lipinski definition) is 0. The third-order valence-electron chi connectivity index (χ3n) is 3.26. The van der Waals surface area contributed by atoms with E-state index in [0.717, 1.165) is 5.56 Å². The number of methoxy groups -OCH3 is 1. The Morgan fingerprint density at radius 1 is 1.28 bits per heavy atom. The van der Waals surface area contributed by atoms with Crippen molar-refractivity contribution < 1.29 is 19.1 Å². The molecule has 1 unspecified atom stereocenters. The minimum absolute atomic E-state index is 0.0238. The quantitative estimate of drug-likeness (QED) is 0.452. The van der Waals surface area contributed by atoms with Crippen LogP contribution in [-0.2, 0) is 20.7 Å². The second-order valence-corrected chi connectivity index (χ2v) is 4.39. The van der Waals surface area contributed by atoms with Gasteiger partial charge >= 0.3 is 5.97 Å². The summed E-state index contributed by atoms with van der Waals surface area (Å²) in [6.45, 7) is 1.49. The maximum atomic E-state index is 11.8. The number of hydrogen-bond acceptors (Lipinski definition) is 4. The van der Waals surface area contributed by atoms with Crippen LogP contribution < -0.4 is 0 Å². The van der Waals surface area contributed by atoms with E-state index in [-0.39, 0.29) is 11.6 Å². The van der Waals surface area contributed by atoms with E-state index in [1.54, 1.807) is 18.2 Å². The molecule has 0 N–H and O–H groups in total. The Balaban J connectivity index is 2.48. The van der Waals surface area contributed by atoms with Gasteiger partial charge in [-0.2, -0.15) is 0 Å². The number of esters is 1. The van der Waals surface area contributed by atoms with Crippen molar-refractivity contribution in [1.82, 2.24) is 0 Å². The zero-order chi connectivity index (χ0) is 13.3. The molecule has 0 aliphatic heterocycles. The van der Waals surface area contributed by atoms with Crippen molar-refractivity contribution in [2.24, 2.45) is 0 Å². The van der Waals surface area contributed by atoms with Crippen LogP contribution in [0, 0.1) is 0 Å². The Bertz CT molecular complexity index is 531. The molecular formula is C14H14O4. The van der Waals surface area contributed by atoms with Crippen LogP contribution in [0.2, 0.25) is 0 Å². The number of ether oxygens (including phenoxy) is 1. The van der Waals surface area contributed by atoms with Crippen molar-refractivity contribution in [1.29, 1.82) is 0 Å². The molecule has 2 rings (SSSR count). The van der Waals surface area contributed by atoms with E-state index in [2.05, 4.69) is 4.74 Å². The molecule has 1 aromatic carbocycles. The standard InChI is InChI=1S/C14H14O4/c1-8(15)9-3-5-11-10(7-9)4-6-12(16)13(11)14(17)18-2/h3,5,7,13H,4,6H2,1-2H3. The lowest BCUT2D eigenvalue weighted by Crippen LogP contribution is -2.28. The second-order valence-electron chi connectivity index (χ2n) is 4.39. The predicted octanol–water partition coefficient (Wildman–Crippen LogP) is 1.66. The van der Waals surface area contributed by atoms with Crippen LogP contribution in [0.5, 0.6) is 0 Å². The van der Waals surface area contributed by atoms with Crippen molar-refractivity contribution in [3.8, 4) is 0 Å². The highest BCUT2D eigenvalue weighted by molar-refractivity contribution is 6.06. The zero-order valence-corrected chi connectivity index (χ0v) is 10.4. The van der Waals surface area contributed by atoms with Gasteiger partial charge in [-0.05, 0) is 30.5 Å². The second kappa shape index (κ2) is 4.72. The lowest BCUT2D eigenvalue weighted by Gasteiger charge is -2.22. The normalized spacial score (nSPS) is 18.1. The number of Topliss-reactive ketones (excluding diaryl/α,β-unsaturated/α-hetero) is 2. The van der Waals surface area contributed by atoms with Gasteiger partial charge in [-0.3, -0.25) is 14.4 Å². The van der Waals surface area contributed by atoms with Gasteiger partial charge in [0.2, 0.25) is 0 Å². The van der Waals surface area contributed by atoms with Crippen LogP contribution >= 0.6 is 0 Å². The minimum Gasteiger partial charge on any atom is -0.468 e. The largest absolute Gasteiger partial charge is 0.468 e. The number of ketones is 2. The molecular weight excluding hydrogens is 232 g/mol. The fraction of sp³-hybridized carbons (Fsp3) is 0.357. The van der Waals surface area contributed by atoms with Gasteiger partial charge in [0.15, 0.2) is 11.6 Å². The van der Waals surface area contributed by atoms with Gasteiger partial charge in [-0.1, -0.05) is 12.1 Å². The van der Waals surface area contributed by atoms with E-state index in [0.29, 0.717) is 24.0 Å². The topological polar surface area (TPSA) is 60.4 Å². The molecule has 18 heavy (non-hydrogen) atoms. The van der Waals surface area contributed by atoms with Crippen LogP contribution in [0.3, 0.4) is 0 Å². The van der Waals surface area contributed by atoms with Crippen LogP contribution in [0.25, 0.3) is 0 Å². The van der Waals surface area contributed by atoms with E-state index in [9.17, 15) is 14.4 Å². The molecule has 1 atom stereocenters. The number of benzene rings is 1. The van der Waals surface area contributed by atoms with E-state index in [1.807, 2.05) is 0 Å². The molecule has 0 bridgehead atoms. The van der Waals surface area contributed by atoms with Crippen molar-refractivity contribution >= 4 is 17.5 Å². The monoisotopic (exact) mass is 246 g/mol. The minimum atomic E-state index is -0.834. The zero-order valence-electron chi connectivity index (χ0n) is 10.4. The van der Waals surface area contributed by atoms with E-state index >= 15 is 0 Å². The fourth-order valence-electron chi connectivity index (χ4n) is 2.27. The highest BCUT2D eigenvalue weighted by Crippen LogP contribution is 2.30. The molecule has 0 fully saturated rings. The van der Waals surface area contributed by atoms with E-state index in [4.69, 9.17) is 0 Å². The summed E-state index contributed by atoms with van der Waals surface area (Å²) in [7, 11) is 1.27. The average molecular weight is 246 g/mol. The Kier molecular flexibility index (Phi) is 3.28. The van der Waals surface area contributed by atoms with Crippen LogP contribution in [0.1, 0.15) is 40.7 Å². The number of carbonyl (C=O) groups excluding carboxylic acids is 3. The Labute approximate surface area is 105 Å². The molecule has 0 amide bonds. The molecule has 0 spiro atoms. The first-order valence-corrected chi connectivity index (χ1v) is 5.79. The maximum absolute atomic E-state index is 11.8. The smallest absolute Gasteiger partial charge is 0.320 e. The SMILES string of the molecule is COC(=O)C1C(=O)CCc2cc(C(C)=O)ccc21. The molecule has 1 aliphatic carbocycles. The summed E-state index contributed by atoms with van der Waals surface area (Å²) in [4.78, 5) is 34.8. The van der Waals surface area contributed by atoms with Gasteiger partial charge < -0.3 is 4.74 Å². The average Bonchev–Trinajstić information content (AvgIpc) is 2.37. The molecule has 4 nitrogen and oxygen atoms in total. The van der Waals surface area contributed by atoms with Crippen molar-refractivity contribution in [3.63, 3.8) is 0 Å². The van der Waals surface area contributed by atoms with Crippen molar-refractivity contribution in [3.05, 3.63) is 34.9 Å². The number of fused-ring (bicyclic) bond motifs is 1. The van der Waals surface area contributed by atoms with Gasteiger partial charge in [-0.25, -0.2) is 0 Å². The lowest BCUT2D eigenvalue weighted by molar-refractivity contribution is -0.146. The summed E-state index contributed by atoms with van der Waals surface area (Å²) < 4.78 is 4.67. The number of rotatable bonds is 2. The van der Waals surface area contributed by atoms with Crippen LogP contribution in [0.15, 0.2) is 18.2 Å². The van der Waals surface area contributed by atoms with E-state index in [1.165, 1.54) is 14.0 Å². The summed E-state index contributed by atoms with van der Waals surface area (Å²) in [6.07, 6.45) is 0.886. The molecule has 0 radical (unpaired) electrons. The number of aryl methyl sites for hydroxylation is 1. The Hall–Kier alpha value is -1.97. The van der Waals surface area contributed by atoms with Gasteiger partial charge in [0, 0.05) is 12.0 Å². The summed E-state index contributed by atoms with van der Waals surface area (Å²) in [6, 6.07) is 5.10. The fourth-order valence-corrected chi connectivity index (χ4v) is 2.27. The van der Waals surface area contributed by atoms with Crippen LogP contribution in [0.4, 0.5) is 0 Å². The molecule has 1 aliphatic rings. The summed E-state index contributed by atoms with van der Waals surface area (Å²) in [5, 5.41) is 0. The molecule has 4 heteroatoms. The Morgan fingerprint density at radius 2 is 2.00 bits per heavy atom.